The molecule has 4 aliphatic carbocycles. The molecule has 1 aromatic heterocycles. The summed E-state index contributed by atoms with van der Waals surface area (Å²) in [5.41, 5.74) is -0.193. The molecule has 2 bridgehead atoms. The van der Waals surface area contributed by atoms with Gasteiger partial charge in [-0.2, -0.15) is 5.26 Å². The van der Waals surface area contributed by atoms with Gasteiger partial charge in [0.25, 0.3) is 5.91 Å². The Morgan fingerprint density at radius 2 is 1.97 bits per heavy atom. The molecule has 4 saturated carbocycles. The number of methoxy groups -OCH3 is 1. The molecule has 4 unspecified atom stereocenters. The van der Waals surface area contributed by atoms with Gasteiger partial charge in [-0.05, 0) is 55.7 Å². The number of ether oxygens (including phenoxy) is 1. The third-order valence-corrected chi connectivity index (χ3v) is 8.77. The third-order valence-electron chi connectivity index (χ3n) is 8.77. The molecule has 2 aromatic rings. The molecule has 5 fully saturated rings. The number of amides is 4. The van der Waals surface area contributed by atoms with E-state index in [0.717, 1.165) is 30.2 Å². The van der Waals surface area contributed by atoms with Crippen LogP contribution in [0.2, 0.25) is 0 Å². The predicted octanol–water partition coefficient (Wildman–Crippen LogP) is 1.77. The molecular weight excluding hydrogens is 474 g/mol. The number of benzene rings is 1. The number of nitrogens with one attached hydrogen (secondary N) is 4. The van der Waals surface area contributed by atoms with Crippen LogP contribution in [0.25, 0.3) is 10.9 Å². The number of nitriles is 1. The first kappa shape index (κ1) is 23.5. The van der Waals surface area contributed by atoms with Gasteiger partial charge in [-0.3, -0.25) is 24.5 Å². The lowest BCUT2D eigenvalue weighted by Gasteiger charge is -2.52. The first-order valence-electron chi connectivity index (χ1n) is 12.9. The Balaban J connectivity index is 1.23. The lowest BCUT2D eigenvalue weighted by molar-refractivity contribution is -0.137. The second-order valence-corrected chi connectivity index (χ2v) is 10.9. The fraction of sp³-hybridized carbons (Fsp3) is 0.519. The number of imide groups is 1. The Morgan fingerprint density at radius 1 is 1.19 bits per heavy atom. The zero-order valence-corrected chi connectivity index (χ0v) is 20.5. The Morgan fingerprint density at radius 3 is 2.70 bits per heavy atom. The van der Waals surface area contributed by atoms with Crippen molar-refractivity contribution in [3.8, 4) is 11.8 Å². The van der Waals surface area contributed by atoms with Crippen molar-refractivity contribution >= 4 is 34.5 Å². The highest BCUT2D eigenvalue weighted by Crippen LogP contribution is 2.55. The zero-order chi connectivity index (χ0) is 25.9. The maximum Gasteiger partial charge on any atom is 0.268 e. The summed E-state index contributed by atoms with van der Waals surface area (Å²) in [6, 6.07) is 8.66. The van der Waals surface area contributed by atoms with Crippen molar-refractivity contribution in [2.24, 2.45) is 29.6 Å². The maximum atomic E-state index is 13.6. The maximum absolute atomic E-state index is 13.6. The summed E-state index contributed by atoms with van der Waals surface area (Å²) in [5, 5.41) is 19.3. The molecule has 37 heavy (non-hydrogen) atoms. The van der Waals surface area contributed by atoms with Gasteiger partial charge in [0, 0.05) is 16.8 Å². The average molecular weight is 504 g/mol. The SMILES string of the molecule is COc1cccc2[nH]c(C(=O)NC(CC3CC3)C(=O)NC3(C#N)CC4CCC3[C@H]3C(=O)NC(=O)[C@@H]43)cc12. The van der Waals surface area contributed by atoms with E-state index in [1.54, 1.807) is 13.2 Å². The molecule has 1 saturated heterocycles. The van der Waals surface area contributed by atoms with Crippen LogP contribution < -0.4 is 20.7 Å². The summed E-state index contributed by atoms with van der Waals surface area (Å²) < 4.78 is 5.38. The average Bonchev–Trinajstić information content (AvgIpc) is 3.51. The smallest absolute Gasteiger partial charge is 0.268 e. The molecule has 0 spiro atoms. The van der Waals surface area contributed by atoms with Crippen molar-refractivity contribution in [2.45, 2.75) is 50.1 Å². The molecule has 5 aliphatic rings. The molecule has 6 atom stereocenters. The molecule has 10 nitrogen and oxygen atoms in total. The number of fused-ring (bicyclic) bond motifs is 3. The minimum absolute atomic E-state index is 0.140. The molecule has 7 rings (SSSR count). The van der Waals surface area contributed by atoms with Crippen LogP contribution in [-0.2, 0) is 14.4 Å². The summed E-state index contributed by atoms with van der Waals surface area (Å²) in [6.07, 6.45) is 4.12. The molecule has 10 heteroatoms. The van der Waals surface area contributed by atoms with Crippen LogP contribution in [0.1, 0.15) is 49.0 Å². The van der Waals surface area contributed by atoms with E-state index in [1.165, 1.54) is 0 Å². The quantitative estimate of drug-likeness (QED) is 0.423. The normalized spacial score (nSPS) is 30.8. The van der Waals surface area contributed by atoms with E-state index in [0.29, 0.717) is 36.6 Å². The fourth-order valence-corrected chi connectivity index (χ4v) is 6.84. The first-order chi connectivity index (χ1) is 17.8. The number of rotatable bonds is 7. The van der Waals surface area contributed by atoms with E-state index in [4.69, 9.17) is 4.74 Å². The van der Waals surface area contributed by atoms with Crippen molar-refractivity contribution < 1.29 is 23.9 Å². The fourth-order valence-electron chi connectivity index (χ4n) is 6.84. The lowest BCUT2D eigenvalue weighted by Crippen LogP contribution is -2.66. The third kappa shape index (κ3) is 3.84. The number of carbonyl (C=O) groups excluding carboxylic acids is 4. The number of carbonyl (C=O) groups is 4. The van der Waals surface area contributed by atoms with Gasteiger partial charge in [-0.25, -0.2) is 0 Å². The predicted molar refractivity (Wildman–Crippen MR) is 131 cm³/mol. The number of hydrogen-bond acceptors (Lipinski definition) is 6. The second kappa shape index (κ2) is 8.61. The van der Waals surface area contributed by atoms with Gasteiger partial charge >= 0.3 is 0 Å². The molecule has 0 radical (unpaired) electrons. The Bertz CT molecular complexity index is 1360. The van der Waals surface area contributed by atoms with Crippen molar-refractivity contribution in [3.63, 3.8) is 0 Å². The summed E-state index contributed by atoms with van der Waals surface area (Å²) in [4.78, 5) is 54.9. The molecule has 4 N–H and O–H groups in total. The lowest BCUT2D eigenvalue weighted by atomic mass is 9.52. The van der Waals surface area contributed by atoms with Gasteiger partial charge < -0.3 is 20.4 Å². The van der Waals surface area contributed by atoms with Gasteiger partial charge in [0.2, 0.25) is 17.7 Å². The highest BCUT2D eigenvalue weighted by molar-refractivity contribution is 6.06. The number of H-pyrrole nitrogens is 1. The molecule has 2 heterocycles. The standard InChI is InChI=1S/C27H29N5O5/c1-37-20-4-2-3-17-15(20)10-19(29-17)23(33)30-18(9-13-5-6-13)24(34)32-27(12-28)11-14-7-8-16(27)22-21(14)25(35)31-26(22)36/h2-4,10,13-14,16,18,21-22,29H,5-9,11H2,1H3,(H,30,33)(H,32,34)(H,31,35,36)/t14?,16?,18?,21-,22+,27?/m0/s1. The van der Waals surface area contributed by atoms with Crippen LogP contribution in [0.5, 0.6) is 5.75 Å². The van der Waals surface area contributed by atoms with Crippen molar-refractivity contribution in [1.82, 2.24) is 20.9 Å². The van der Waals surface area contributed by atoms with Gasteiger partial charge in [0.1, 0.15) is 23.0 Å². The summed E-state index contributed by atoms with van der Waals surface area (Å²) >= 11 is 0. The number of hydrogen-bond donors (Lipinski definition) is 4. The van der Waals surface area contributed by atoms with Gasteiger partial charge in [0.15, 0.2) is 0 Å². The second-order valence-electron chi connectivity index (χ2n) is 10.9. The van der Waals surface area contributed by atoms with E-state index in [2.05, 4.69) is 27.0 Å². The van der Waals surface area contributed by atoms with E-state index < -0.39 is 41.1 Å². The van der Waals surface area contributed by atoms with Crippen molar-refractivity contribution in [1.29, 1.82) is 5.26 Å². The topological polar surface area (TPSA) is 153 Å². The van der Waals surface area contributed by atoms with Gasteiger partial charge in [0.05, 0.1) is 25.0 Å². The molecule has 1 aliphatic heterocycles. The van der Waals surface area contributed by atoms with Crippen molar-refractivity contribution in [2.75, 3.05) is 7.11 Å². The minimum Gasteiger partial charge on any atom is -0.496 e. The van der Waals surface area contributed by atoms with Gasteiger partial charge in [-0.1, -0.05) is 18.9 Å². The summed E-state index contributed by atoms with van der Waals surface area (Å²) in [5.74, 6) is -2.10. The Labute approximate surface area is 213 Å². The molecule has 192 valence electrons. The van der Waals surface area contributed by atoms with Crippen LogP contribution in [0.15, 0.2) is 24.3 Å². The number of aromatic amines is 1. The zero-order valence-electron chi connectivity index (χ0n) is 20.5. The van der Waals surface area contributed by atoms with E-state index in [9.17, 15) is 24.4 Å². The van der Waals surface area contributed by atoms with Crippen molar-refractivity contribution in [3.05, 3.63) is 30.0 Å². The monoisotopic (exact) mass is 503 g/mol. The van der Waals surface area contributed by atoms with Crippen LogP contribution in [-0.4, -0.2) is 47.3 Å². The number of aromatic nitrogens is 1. The van der Waals surface area contributed by atoms with Crippen LogP contribution in [0, 0.1) is 40.9 Å². The highest BCUT2D eigenvalue weighted by atomic mass is 16.5. The van der Waals surface area contributed by atoms with E-state index in [-0.39, 0.29) is 17.7 Å². The molecule has 1 aromatic carbocycles. The summed E-state index contributed by atoms with van der Waals surface area (Å²) in [6.45, 7) is 0. The first-order valence-corrected chi connectivity index (χ1v) is 12.9. The molecular formula is C27H29N5O5. The van der Waals surface area contributed by atoms with E-state index >= 15 is 0 Å². The van der Waals surface area contributed by atoms with E-state index in [1.807, 2.05) is 18.2 Å². The van der Waals surface area contributed by atoms with Crippen LogP contribution in [0.4, 0.5) is 0 Å². The highest BCUT2D eigenvalue weighted by Gasteiger charge is 2.64. The van der Waals surface area contributed by atoms with Crippen LogP contribution >= 0.6 is 0 Å². The van der Waals surface area contributed by atoms with Gasteiger partial charge in [-0.15, -0.1) is 0 Å². The summed E-state index contributed by atoms with van der Waals surface area (Å²) in [7, 11) is 1.56. The molecule has 4 amide bonds. The Hall–Kier alpha value is -3.87. The largest absolute Gasteiger partial charge is 0.496 e. The van der Waals surface area contributed by atoms with Crippen LogP contribution in [0.3, 0.4) is 0 Å². The Kier molecular flexibility index (Phi) is 5.48. The minimum atomic E-state index is -1.25. The number of nitrogens with zero attached hydrogens (tertiary/aromatic N) is 1.